The van der Waals surface area contributed by atoms with Gasteiger partial charge in [0.05, 0.1) is 5.88 Å². The summed E-state index contributed by atoms with van der Waals surface area (Å²) in [6, 6.07) is 2.21. The molecule has 2 atom stereocenters. The molecule has 1 aromatic rings. The topological polar surface area (TPSA) is 16.1 Å². The Morgan fingerprint density at radius 1 is 1.33 bits per heavy atom. The third-order valence-electron chi connectivity index (χ3n) is 4.43. The number of fused-ring (bicyclic) bond motifs is 2. The summed E-state index contributed by atoms with van der Waals surface area (Å²) < 4.78 is 0. The molecule has 2 unspecified atom stereocenters. The molecule has 98 valence electrons. The molecule has 1 aliphatic heterocycles. The van der Waals surface area contributed by atoms with Gasteiger partial charge in [-0.25, -0.2) is 0 Å². The smallest absolute Gasteiger partial charge is 0.0509 e. The number of halogens is 1. The lowest BCUT2D eigenvalue weighted by Crippen LogP contribution is -2.43. The van der Waals surface area contributed by atoms with E-state index in [9.17, 15) is 0 Å². The van der Waals surface area contributed by atoms with Crippen LogP contribution in [0.3, 0.4) is 0 Å². The highest BCUT2D eigenvalue weighted by atomic mass is 35.5. The first-order chi connectivity index (χ1) is 8.76. The summed E-state index contributed by atoms with van der Waals surface area (Å²) >= 11 is 6.06. The van der Waals surface area contributed by atoms with Crippen LogP contribution in [0.1, 0.15) is 36.9 Å². The molecule has 2 heterocycles. The summed E-state index contributed by atoms with van der Waals surface area (Å²) in [6.07, 6.45) is 7.64. The molecule has 1 saturated heterocycles. The Hall–Kier alpha value is -0.760. The molecule has 0 amide bonds. The predicted octanol–water partition coefficient (Wildman–Crippen LogP) is 3.76. The molecular weight excluding hydrogens is 244 g/mol. The van der Waals surface area contributed by atoms with Crippen LogP contribution in [0.2, 0.25) is 0 Å². The van der Waals surface area contributed by atoms with Crippen LogP contribution in [0.25, 0.3) is 0 Å². The number of aromatic nitrogens is 1. The number of hydrogen-bond donors (Lipinski definition) is 0. The number of rotatable bonds is 2. The molecule has 0 N–H and O–H groups in total. The van der Waals surface area contributed by atoms with Crippen molar-refractivity contribution in [1.82, 2.24) is 4.98 Å². The predicted molar refractivity (Wildman–Crippen MR) is 76.2 cm³/mol. The zero-order chi connectivity index (χ0) is 12.5. The van der Waals surface area contributed by atoms with Gasteiger partial charge in [0.25, 0.3) is 0 Å². The molecule has 3 heteroatoms. The summed E-state index contributed by atoms with van der Waals surface area (Å²) in [4.78, 5) is 6.93. The maximum atomic E-state index is 6.06. The van der Waals surface area contributed by atoms with Crippen molar-refractivity contribution < 1.29 is 0 Å². The second-order valence-corrected chi connectivity index (χ2v) is 6.16. The van der Waals surface area contributed by atoms with Crippen molar-refractivity contribution in [3.63, 3.8) is 0 Å². The van der Waals surface area contributed by atoms with Gasteiger partial charge in [0, 0.05) is 36.2 Å². The number of anilines is 1. The normalized spacial score (nSPS) is 27.3. The van der Waals surface area contributed by atoms with Crippen molar-refractivity contribution in [3.05, 3.63) is 23.5 Å². The third-order valence-corrected chi connectivity index (χ3v) is 4.72. The van der Waals surface area contributed by atoms with Crippen LogP contribution >= 0.6 is 11.6 Å². The summed E-state index contributed by atoms with van der Waals surface area (Å²) in [5.74, 6) is 2.36. The fraction of sp³-hybridized carbons (Fsp3) is 0.667. The summed E-state index contributed by atoms with van der Waals surface area (Å²) in [5.41, 5.74) is 3.60. The van der Waals surface area contributed by atoms with Gasteiger partial charge in [-0.1, -0.05) is 6.42 Å². The van der Waals surface area contributed by atoms with E-state index in [-0.39, 0.29) is 0 Å². The van der Waals surface area contributed by atoms with Gasteiger partial charge in [0.15, 0.2) is 0 Å². The van der Waals surface area contributed by atoms with E-state index in [1.54, 1.807) is 0 Å². The first kappa shape index (κ1) is 12.3. The minimum absolute atomic E-state index is 0.564. The molecule has 1 aromatic heterocycles. The van der Waals surface area contributed by atoms with Crippen molar-refractivity contribution in [1.29, 1.82) is 0 Å². The second kappa shape index (κ2) is 5.08. The SMILES string of the molecule is Cc1cc(N2CC3CCCC(C3)C2)c(CCl)cn1. The Morgan fingerprint density at radius 3 is 2.72 bits per heavy atom. The van der Waals surface area contributed by atoms with Crippen molar-refractivity contribution >= 4 is 17.3 Å². The quantitative estimate of drug-likeness (QED) is 0.757. The van der Waals surface area contributed by atoms with Crippen LogP contribution in [0.5, 0.6) is 0 Å². The molecule has 18 heavy (non-hydrogen) atoms. The number of pyridine rings is 1. The van der Waals surface area contributed by atoms with E-state index >= 15 is 0 Å². The Bertz CT molecular complexity index is 421. The maximum Gasteiger partial charge on any atom is 0.0509 e. The number of aryl methyl sites for hydroxylation is 1. The van der Waals surface area contributed by atoms with Gasteiger partial charge >= 0.3 is 0 Å². The van der Waals surface area contributed by atoms with E-state index in [4.69, 9.17) is 11.6 Å². The maximum absolute atomic E-state index is 6.06. The standard InChI is InChI=1S/C15H21ClN2/c1-11-5-15(14(7-16)8-17-11)18-9-12-3-2-4-13(6-12)10-18/h5,8,12-13H,2-4,6-7,9-10H2,1H3. The van der Waals surface area contributed by atoms with E-state index < -0.39 is 0 Å². The molecule has 2 fully saturated rings. The van der Waals surface area contributed by atoms with Gasteiger partial charge in [-0.3, -0.25) is 4.98 Å². The lowest BCUT2D eigenvalue weighted by molar-refractivity contribution is 0.231. The van der Waals surface area contributed by atoms with Gasteiger partial charge in [-0.05, 0) is 44.1 Å². The molecule has 2 aliphatic rings. The molecule has 2 nitrogen and oxygen atoms in total. The van der Waals surface area contributed by atoms with Crippen LogP contribution in [-0.2, 0) is 5.88 Å². The zero-order valence-corrected chi connectivity index (χ0v) is 11.8. The van der Waals surface area contributed by atoms with Crippen LogP contribution in [0, 0.1) is 18.8 Å². The zero-order valence-electron chi connectivity index (χ0n) is 11.0. The van der Waals surface area contributed by atoms with Gasteiger partial charge < -0.3 is 4.90 Å². The number of nitrogens with zero attached hydrogens (tertiary/aromatic N) is 2. The molecule has 1 aliphatic carbocycles. The van der Waals surface area contributed by atoms with Gasteiger partial charge in [0.2, 0.25) is 0 Å². The second-order valence-electron chi connectivity index (χ2n) is 5.89. The molecule has 1 saturated carbocycles. The molecule has 0 aromatic carbocycles. The van der Waals surface area contributed by atoms with Crippen LogP contribution in [0.4, 0.5) is 5.69 Å². The Morgan fingerprint density at radius 2 is 2.06 bits per heavy atom. The van der Waals surface area contributed by atoms with Crippen molar-refractivity contribution in [2.45, 2.75) is 38.5 Å². The summed E-state index contributed by atoms with van der Waals surface area (Å²) in [5, 5.41) is 0. The Labute approximate surface area is 114 Å². The summed E-state index contributed by atoms with van der Waals surface area (Å²) in [6.45, 7) is 4.49. The monoisotopic (exact) mass is 264 g/mol. The largest absolute Gasteiger partial charge is 0.371 e. The van der Waals surface area contributed by atoms with Gasteiger partial charge in [-0.15, -0.1) is 11.6 Å². The highest BCUT2D eigenvalue weighted by Gasteiger charge is 2.31. The Kier molecular flexibility index (Phi) is 3.47. The fourth-order valence-corrected chi connectivity index (χ4v) is 3.81. The van der Waals surface area contributed by atoms with E-state index in [0.29, 0.717) is 5.88 Å². The molecule has 2 bridgehead atoms. The van der Waals surface area contributed by atoms with Crippen molar-refractivity contribution in [3.8, 4) is 0 Å². The van der Waals surface area contributed by atoms with Gasteiger partial charge in [-0.2, -0.15) is 0 Å². The fourth-order valence-electron chi connectivity index (χ4n) is 3.60. The summed E-state index contributed by atoms with van der Waals surface area (Å²) in [7, 11) is 0. The third kappa shape index (κ3) is 2.35. The van der Waals surface area contributed by atoms with Crippen molar-refractivity contribution in [2.75, 3.05) is 18.0 Å². The molecule has 3 rings (SSSR count). The van der Waals surface area contributed by atoms with Crippen molar-refractivity contribution in [2.24, 2.45) is 11.8 Å². The highest BCUT2D eigenvalue weighted by molar-refractivity contribution is 6.17. The number of hydrogen-bond acceptors (Lipinski definition) is 2. The van der Waals surface area contributed by atoms with Crippen LogP contribution in [-0.4, -0.2) is 18.1 Å². The van der Waals surface area contributed by atoms with E-state index in [1.807, 2.05) is 6.20 Å². The average Bonchev–Trinajstić information content (AvgIpc) is 2.38. The molecular formula is C15H21ClN2. The first-order valence-electron chi connectivity index (χ1n) is 7.02. The number of piperidine rings is 1. The van der Waals surface area contributed by atoms with E-state index in [0.717, 1.165) is 17.5 Å². The van der Waals surface area contributed by atoms with Crippen LogP contribution < -0.4 is 4.90 Å². The van der Waals surface area contributed by atoms with E-state index in [2.05, 4.69) is 22.9 Å². The lowest BCUT2D eigenvalue weighted by Gasteiger charge is -2.43. The molecule has 0 spiro atoms. The van der Waals surface area contributed by atoms with Gasteiger partial charge in [0.1, 0.15) is 0 Å². The lowest BCUT2D eigenvalue weighted by atomic mass is 9.77. The first-order valence-corrected chi connectivity index (χ1v) is 7.56. The van der Waals surface area contributed by atoms with E-state index in [1.165, 1.54) is 50.0 Å². The highest BCUT2D eigenvalue weighted by Crippen LogP contribution is 2.37. The Balaban J connectivity index is 1.87. The minimum Gasteiger partial charge on any atom is -0.371 e. The minimum atomic E-state index is 0.564. The molecule has 0 radical (unpaired) electrons. The number of alkyl halides is 1. The average molecular weight is 265 g/mol. The van der Waals surface area contributed by atoms with Crippen LogP contribution in [0.15, 0.2) is 12.3 Å².